The van der Waals surface area contributed by atoms with Gasteiger partial charge in [-0.2, -0.15) is 5.26 Å². The third kappa shape index (κ3) is 1.70. The van der Waals surface area contributed by atoms with Crippen LogP contribution in [0, 0.1) is 11.3 Å². The van der Waals surface area contributed by atoms with Gasteiger partial charge < -0.3 is 0 Å². The maximum atomic E-state index is 9.20. The van der Waals surface area contributed by atoms with E-state index in [9.17, 15) is 5.26 Å². The number of hydrogen-bond acceptors (Lipinski definition) is 1. The van der Waals surface area contributed by atoms with Crippen LogP contribution in [0.1, 0.15) is 5.56 Å². The lowest BCUT2D eigenvalue weighted by Crippen LogP contribution is -1.85. The predicted molar refractivity (Wildman–Crippen MR) is 88.7 cm³/mol. The molecule has 0 unspecified atom stereocenters. The first-order valence-corrected chi connectivity index (χ1v) is 7.10. The summed E-state index contributed by atoms with van der Waals surface area (Å²) in [4.78, 5) is 0. The summed E-state index contributed by atoms with van der Waals surface area (Å²) in [7, 11) is 0. The van der Waals surface area contributed by atoms with Crippen molar-refractivity contribution in [3.63, 3.8) is 0 Å². The van der Waals surface area contributed by atoms with Crippen molar-refractivity contribution in [2.75, 3.05) is 0 Å². The van der Waals surface area contributed by atoms with Crippen molar-refractivity contribution >= 4 is 43.9 Å². The van der Waals surface area contributed by atoms with E-state index >= 15 is 0 Å². The number of nitrogens with zero attached hydrogens (tertiary/aromatic N) is 1. The Bertz CT molecular complexity index is 1060. The molecule has 0 aliphatic carbocycles. The molecule has 0 atom stereocenters. The van der Waals surface area contributed by atoms with E-state index in [2.05, 4.69) is 30.3 Å². The summed E-state index contributed by atoms with van der Waals surface area (Å²) < 4.78 is 0. The van der Waals surface area contributed by atoms with E-state index in [1.807, 2.05) is 30.3 Å². The minimum Gasteiger partial charge on any atom is -0.192 e. The average molecular weight is 288 g/mol. The van der Waals surface area contributed by atoms with Gasteiger partial charge in [-0.05, 0) is 39.1 Å². The van der Waals surface area contributed by atoms with Crippen LogP contribution in [0.15, 0.2) is 60.7 Å². The lowest BCUT2D eigenvalue weighted by molar-refractivity contribution is 1.50. The first-order valence-electron chi connectivity index (χ1n) is 6.72. The first kappa shape index (κ1) is 12.2. The highest BCUT2D eigenvalue weighted by Crippen LogP contribution is 2.38. The molecule has 0 heterocycles. The summed E-state index contributed by atoms with van der Waals surface area (Å²) in [6, 6.07) is 22.4. The van der Waals surface area contributed by atoms with Gasteiger partial charge >= 0.3 is 0 Å². The maximum Gasteiger partial charge on any atom is 0.0992 e. The van der Waals surface area contributed by atoms with E-state index in [4.69, 9.17) is 11.6 Å². The van der Waals surface area contributed by atoms with E-state index < -0.39 is 0 Å². The molecule has 4 aromatic rings. The molecule has 0 spiro atoms. The first-order chi connectivity index (χ1) is 10.3. The minimum atomic E-state index is 0.591. The highest BCUT2D eigenvalue weighted by molar-refractivity contribution is 6.40. The van der Waals surface area contributed by atoms with Crippen molar-refractivity contribution in [2.24, 2.45) is 0 Å². The zero-order valence-corrected chi connectivity index (χ0v) is 11.9. The number of fused-ring (bicyclic) bond motifs is 6. The largest absolute Gasteiger partial charge is 0.192 e. The molecule has 0 saturated carbocycles. The number of halogens is 1. The van der Waals surface area contributed by atoms with Crippen LogP contribution in [0.2, 0.25) is 5.02 Å². The fourth-order valence-electron chi connectivity index (χ4n) is 3.05. The molecule has 0 N–H and O–H groups in total. The normalized spacial score (nSPS) is 11.0. The standard InChI is InChI=1S/C19H10ClN/c20-18-10-12(11-21)9-17-15-7-2-1-5-13(15)14-6-3-4-8-16(14)19(17)18/h1-10H. The molecule has 2 heteroatoms. The van der Waals surface area contributed by atoms with Gasteiger partial charge in [0.25, 0.3) is 0 Å². The van der Waals surface area contributed by atoms with Crippen molar-refractivity contribution in [1.82, 2.24) is 0 Å². The summed E-state index contributed by atoms with van der Waals surface area (Å²) in [6.07, 6.45) is 0. The molecule has 4 rings (SSSR count). The number of hydrogen-bond donors (Lipinski definition) is 0. The monoisotopic (exact) mass is 287 g/mol. The van der Waals surface area contributed by atoms with E-state index in [1.165, 1.54) is 10.8 Å². The number of benzene rings is 4. The van der Waals surface area contributed by atoms with Crippen LogP contribution in [-0.4, -0.2) is 0 Å². The molecule has 0 fully saturated rings. The summed E-state index contributed by atoms with van der Waals surface area (Å²) in [5.41, 5.74) is 0.591. The smallest absolute Gasteiger partial charge is 0.0992 e. The van der Waals surface area contributed by atoms with Crippen molar-refractivity contribution in [1.29, 1.82) is 5.26 Å². The van der Waals surface area contributed by atoms with Gasteiger partial charge in [-0.3, -0.25) is 0 Å². The van der Waals surface area contributed by atoms with Gasteiger partial charge in [0, 0.05) is 5.39 Å². The maximum absolute atomic E-state index is 9.20. The van der Waals surface area contributed by atoms with E-state index in [0.717, 1.165) is 21.5 Å². The van der Waals surface area contributed by atoms with Gasteiger partial charge in [0.1, 0.15) is 0 Å². The quantitative estimate of drug-likeness (QED) is 0.382. The molecule has 0 amide bonds. The number of nitriles is 1. The SMILES string of the molecule is N#Cc1cc(Cl)c2c3ccccc3c3ccccc3c2c1. The fraction of sp³-hybridized carbons (Fsp3) is 0. The summed E-state index contributed by atoms with van der Waals surface area (Å²) >= 11 is 6.47. The molecular formula is C19H10ClN. The molecular weight excluding hydrogens is 278 g/mol. The van der Waals surface area contributed by atoms with Crippen LogP contribution in [0.5, 0.6) is 0 Å². The molecule has 4 aromatic carbocycles. The predicted octanol–water partition coefficient (Wildman–Crippen LogP) is 5.67. The second-order valence-corrected chi connectivity index (χ2v) is 5.49. The van der Waals surface area contributed by atoms with Crippen molar-refractivity contribution in [3.05, 3.63) is 71.2 Å². The fourth-order valence-corrected chi connectivity index (χ4v) is 3.37. The minimum absolute atomic E-state index is 0.591. The zero-order chi connectivity index (χ0) is 14.4. The molecule has 21 heavy (non-hydrogen) atoms. The second-order valence-electron chi connectivity index (χ2n) is 5.08. The summed E-state index contributed by atoms with van der Waals surface area (Å²) in [5.74, 6) is 0. The number of rotatable bonds is 0. The summed E-state index contributed by atoms with van der Waals surface area (Å²) in [5, 5.41) is 16.5. The lowest BCUT2D eigenvalue weighted by atomic mass is 9.93. The van der Waals surface area contributed by atoms with Gasteiger partial charge in [0.2, 0.25) is 0 Å². The Morgan fingerprint density at radius 1 is 0.714 bits per heavy atom. The highest BCUT2D eigenvalue weighted by atomic mass is 35.5. The molecule has 0 aliphatic heterocycles. The average Bonchev–Trinajstić information content (AvgIpc) is 2.54. The molecule has 0 saturated heterocycles. The molecule has 1 nitrogen and oxygen atoms in total. The van der Waals surface area contributed by atoms with Crippen LogP contribution in [0.4, 0.5) is 0 Å². The van der Waals surface area contributed by atoms with Gasteiger partial charge in [-0.15, -0.1) is 0 Å². The van der Waals surface area contributed by atoms with Crippen LogP contribution in [0.3, 0.4) is 0 Å². The third-order valence-electron chi connectivity index (χ3n) is 3.92. The summed E-state index contributed by atoms with van der Waals surface area (Å²) in [6.45, 7) is 0. The third-order valence-corrected chi connectivity index (χ3v) is 4.22. The van der Waals surface area contributed by atoms with Gasteiger partial charge in [0.05, 0.1) is 16.7 Å². The Morgan fingerprint density at radius 3 is 1.86 bits per heavy atom. The second kappa shape index (κ2) is 4.48. The molecule has 0 aromatic heterocycles. The Hall–Kier alpha value is -2.56. The Kier molecular flexibility index (Phi) is 2.60. The highest BCUT2D eigenvalue weighted by Gasteiger charge is 2.11. The van der Waals surface area contributed by atoms with Crippen LogP contribution in [0.25, 0.3) is 32.3 Å². The Morgan fingerprint density at radius 2 is 1.24 bits per heavy atom. The van der Waals surface area contributed by atoms with Crippen molar-refractivity contribution < 1.29 is 0 Å². The zero-order valence-electron chi connectivity index (χ0n) is 11.1. The molecule has 98 valence electrons. The van der Waals surface area contributed by atoms with Crippen molar-refractivity contribution in [2.45, 2.75) is 0 Å². The Balaban J connectivity index is 2.43. The van der Waals surface area contributed by atoms with E-state index in [1.54, 1.807) is 6.07 Å². The topological polar surface area (TPSA) is 23.8 Å². The van der Waals surface area contributed by atoms with Crippen LogP contribution in [-0.2, 0) is 0 Å². The van der Waals surface area contributed by atoms with Gasteiger partial charge in [-0.25, -0.2) is 0 Å². The van der Waals surface area contributed by atoms with Gasteiger partial charge in [-0.1, -0.05) is 60.1 Å². The molecule has 0 aliphatic rings. The van der Waals surface area contributed by atoms with E-state index in [0.29, 0.717) is 10.6 Å². The van der Waals surface area contributed by atoms with Crippen LogP contribution >= 0.6 is 11.6 Å². The Labute approximate surface area is 127 Å². The van der Waals surface area contributed by atoms with E-state index in [-0.39, 0.29) is 0 Å². The lowest BCUT2D eigenvalue weighted by Gasteiger charge is -2.11. The van der Waals surface area contributed by atoms with Crippen molar-refractivity contribution in [3.8, 4) is 6.07 Å². The molecule has 0 bridgehead atoms. The molecule has 0 radical (unpaired) electrons. The van der Waals surface area contributed by atoms with Gasteiger partial charge in [0.15, 0.2) is 0 Å². The van der Waals surface area contributed by atoms with Crippen LogP contribution < -0.4 is 0 Å².